The van der Waals surface area contributed by atoms with Gasteiger partial charge in [0.15, 0.2) is 6.61 Å². The molecular formula is C13H8Br2Cl2O3S. The van der Waals surface area contributed by atoms with Crippen LogP contribution in [0.2, 0.25) is 8.67 Å². The van der Waals surface area contributed by atoms with Gasteiger partial charge in [-0.25, -0.2) is 0 Å². The van der Waals surface area contributed by atoms with E-state index in [1.54, 1.807) is 25.3 Å². The van der Waals surface area contributed by atoms with E-state index in [4.69, 9.17) is 32.7 Å². The summed E-state index contributed by atoms with van der Waals surface area (Å²) < 4.78 is 12.9. The highest BCUT2D eigenvalue weighted by Crippen LogP contribution is 2.36. The van der Waals surface area contributed by atoms with Gasteiger partial charge in [0.2, 0.25) is 5.78 Å². The standard InChI is InChI=1S/C13H8Br2Cl2O3S/c1-19-10-3-8(15)11(4-7(10)14)20-5-9(18)6-2-12(16)21-13(6)17/h2-4H,5H2,1H3. The average Bonchev–Trinajstić information content (AvgIpc) is 2.78. The molecule has 8 heteroatoms. The van der Waals surface area contributed by atoms with Crippen molar-refractivity contribution in [2.75, 3.05) is 13.7 Å². The molecule has 0 radical (unpaired) electrons. The molecule has 0 saturated carbocycles. The quantitative estimate of drug-likeness (QED) is 0.510. The number of ether oxygens (including phenoxy) is 2. The van der Waals surface area contributed by atoms with Crippen molar-refractivity contribution in [3.8, 4) is 11.5 Å². The van der Waals surface area contributed by atoms with E-state index in [0.29, 0.717) is 30.2 Å². The molecule has 0 fully saturated rings. The van der Waals surface area contributed by atoms with Crippen LogP contribution >= 0.6 is 66.4 Å². The number of ketones is 1. The molecular weight excluding hydrogens is 467 g/mol. The number of carbonyl (C=O) groups excluding carboxylic acids is 1. The molecule has 0 saturated heterocycles. The number of hydrogen-bond donors (Lipinski definition) is 0. The van der Waals surface area contributed by atoms with E-state index in [1.807, 2.05) is 0 Å². The summed E-state index contributed by atoms with van der Waals surface area (Å²) in [6.07, 6.45) is 0. The molecule has 1 aromatic heterocycles. The Kier molecular flexibility index (Phi) is 5.96. The lowest BCUT2D eigenvalue weighted by Gasteiger charge is -2.10. The Bertz CT molecular complexity index is 688. The molecule has 0 bridgehead atoms. The third kappa shape index (κ3) is 4.13. The molecule has 0 unspecified atom stereocenters. The smallest absolute Gasteiger partial charge is 0.202 e. The van der Waals surface area contributed by atoms with Crippen molar-refractivity contribution in [3.05, 3.63) is 41.4 Å². The number of Topliss-reactive ketones (excluding diaryl/α,β-unsaturated/α-hetero) is 1. The van der Waals surface area contributed by atoms with Gasteiger partial charge in [-0.05, 0) is 50.1 Å². The van der Waals surface area contributed by atoms with Gasteiger partial charge >= 0.3 is 0 Å². The van der Waals surface area contributed by atoms with Gasteiger partial charge in [0.25, 0.3) is 0 Å². The molecule has 2 aromatic rings. The molecule has 0 aliphatic carbocycles. The highest BCUT2D eigenvalue weighted by molar-refractivity contribution is 9.11. The minimum Gasteiger partial charge on any atom is -0.496 e. The van der Waals surface area contributed by atoms with Crippen LogP contribution < -0.4 is 9.47 Å². The minimum absolute atomic E-state index is 0.135. The van der Waals surface area contributed by atoms with Gasteiger partial charge in [-0.15, -0.1) is 11.3 Å². The maximum atomic E-state index is 12.1. The average molecular weight is 475 g/mol. The van der Waals surface area contributed by atoms with Crippen LogP contribution in [0.15, 0.2) is 27.1 Å². The zero-order valence-corrected chi connectivity index (χ0v) is 16.1. The normalized spacial score (nSPS) is 10.5. The summed E-state index contributed by atoms with van der Waals surface area (Å²) in [7, 11) is 1.57. The van der Waals surface area contributed by atoms with Gasteiger partial charge in [0.1, 0.15) is 15.8 Å². The Labute approximate surface area is 152 Å². The Balaban J connectivity index is 2.11. The van der Waals surface area contributed by atoms with Crippen LogP contribution in [0, 0.1) is 0 Å². The van der Waals surface area contributed by atoms with Crippen molar-refractivity contribution in [1.82, 2.24) is 0 Å². The predicted molar refractivity (Wildman–Crippen MR) is 92.6 cm³/mol. The van der Waals surface area contributed by atoms with Crippen LogP contribution in [0.4, 0.5) is 0 Å². The van der Waals surface area contributed by atoms with Crippen LogP contribution in [-0.4, -0.2) is 19.5 Å². The van der Waals surface area contributed by atoms with Gasteiger partial charge in [-0.2, -0.15) is 0 Å². The second kappa shape index (κ2) is 7.33. The fourth-order valence-electron chi connectivity index (χ4n) is 1.53. The summed E-state index contributed by atoms with van der Waals surface area (Å²) in [6, 6.07) is 5.01. The van der Waals surface area contributed by atoms with Crippen molar-refractivity contribution >= 4 is 72.2 Å². The number of halogens is 4. The van der Waals surface area contributed by atoms with E-state index in [1.165, 1.54) is 0 Å². The third-order valence-corrected chi connectivity index (χ3v) is 5.25. The monoisotopic (exact) mass is 472 g/mol. The summed E-state index contributed by atoms with van der Waals surface area (Å²) in [4.78, 5) is 12.1. The molecule has 1 heterocycles. The van der Waals surface area contributed by atoms with Crippen LogP contribution in [0.3, 0.4) is 0 Å². The molecule has 0 atom stereocenters. The van der Waals surface area contributed by atoms with E-state index in [0.717, 1.165) is 15.8 Å². The SMILES string of the molecule is COc1cc(Br)c(OCC(=O)c2cc(Cl)sc2Cl)cc1Br. The lowest BCUT2D eigenvalue weighted by atomic mass is 10.2. The Hall–Kier alpha value is -0.270. The number of rotatable bonds is 5. The van der Waals surface area contributed by atoms with Crippen molar-refractivity contribution in [2.24, 2.45) is 0 Å². The second-order valence-corrected chi connectivity index (χ2v) is 7.86. The zero-order valence-electron chi connectivity index (χ0n) is 10.6. The van der Waals surface area contributed by atoms with E-state index < -0.39 is 0 Å². The number of hydrogen-bond acceptors (Lipinski definition) is 4. The first kappa shape index (κ1) is 17.1. The van der Waals surface area contributed by atoms with Crippen molar-refractivity contribution in [3.63, 3.8) is 0 Å². The molecule has 0 aliphatic heterocycles. The van der Waals surface area contributed by atoms with Gasteiger partial charge in [0, 0.05) is 0 Å². The maximum Gasteiger partial charge on any atom is 0.202 e. The Morgan fingerprint density at radius 2 is 1.81 bits per heavy atom. The summed E-state index contributed by atoms with van der Waals surface area (Å²) in [5.74, 6) is 0.948. The molecule has 0 spiro atoms. The summed E-state index contributed by atoms with van der Waals surface area (Å²) in [5, 5.41) is 0. The highest BCUT2D eigenvalue weighted by atomic mass is 79.9. The van der Waals surface area contributed by atoms with Gasteiger partial charge in [-0.1, -0.05) is 23.2 Å². The number of carbonyl (C=O) groups is 1. The predicted octanol–water partition coefficient (Wildman–Crippen LogP) is 5.85. The van der Waals surface area contributed by atoms with Crippen molar-refractivity contribution in [2.45, 2.75) is 0 Å². The summed E-state index contributed by atoms with van der Waals surface area (Å²) >= 11 is 19.6. The number of thiophene rings is 1. The third-order valence-electron chi connectivity index (χ3n) is 2.52. The van der Waals surface area contributed by atoms with Crippen LogP contribution in [0.1, 0.15) is 10.4 Å². The maximum absolute atomic E-state index is 12.1. The molecule has 0 N–H and O–H groups in total. The number of benzene rings is 1. The van der Waals surface area contributed by atoms with Crippen LogP contribution in [-0.2, 0) is 0 Å². The zero-order chi connectivity index (χ0) is 15.6. The summed E-state index contributed by atoms with van der Waals surface area (Å²) in [5.41, 5.74) is 0.371. The second-order valence-electron chi connectivity index (χ2n) is 3.87. The lowest BCUT2D eigenvalue weighted by molar-refractivity contribution is 0.0921. The first-order valence-corrected chi connectivity index (χ1v) is 8.72. The Morgan fingerprint density at radius 1 is 1.19 bits per heavy atom. The van der Waals surface area contributed by atoms with Crippen LogP contribution in [0.25, 0.3) is 0 Å². The molecule has 0 amide bonds. The molecule has 3 nitrogen and oxygen atoms in total. The van der Waals surface area contributed by atoms with Gasteiger partial charge < -0.3 is 9.47 Å². The molecule has 0 aliphatic rings. The minimum atomic E-state index is -0.234. The van der Waals surface area contributed by atoms with Crippen molar-refractivity contribution < 1.29 is 14.3 Å². The van der Waals surface area contributed by atoms with E-state index in [2.05, 4.69) is 31.9 Å². The lowest BCUT2D eigenvalue weighted by Crippen LogP contribution is -2.11. The first-order valence-electron chi connectivity index (χ1n) is 5.56. The van der Waals surface area contributed by atoms with Gasteiger partial charge in [-0.3, -0.25) is 4.79 Å². The van der Waals surface area contributed by atoms with E-state index in [-0.39, 0.29) is 12.4 Å². The molecule has 21 heavy (non-hydrogen) atoms. The van der Waals surface area contributed by atoms with Crippen LogP contribution in [0.5, 0.6) is 11.5 Å². The van der Waals surface area contributed by atoms with Gasteiger partial charge in [0.05, 0.1) is 26.0 Å². The topological polar surface area (TPSA) is 35.5 Å². The fraction of sp³-hybridized carbons (Fsp3) is 0.154. The first-order chi connectivity index (χ1) is 9.92. The van der Waals surface area contributed by atoms with E-state index >= 15 is 0 Å². The molecule has 1 aromatic carbocycles. The van der Waals surface area contributed by atoms with E-state index in [9.17, 15) is 4.79 Å². The van der Waals surface area contributed by atoms with Crippen molar-refractivity contribution in [1.29, 1.82) is 0 Å². The molecule has 112 valence electrons. The number of methoxy groups -OCH3 is 1. The Morgan fingerprint density at radius 3 is 2.38 bits per heavy atom. The summed E-state index contributed by atoms with van der Waals surface area (Å²) in [6.45, 7) is -0.135. The fourth-order valence-corrected chi connectivity index (χ4v) is 3.95. The highest BCUT2D eigenvalue weighted by Gasteiger charge is 2.16. The largest absolute Gasteiger partial charge is 0.496 e. The molecule has 2 rings (SSSR count).